The van der Waals surface area contributed by atoms with Crippen molar-refractivity contribution in [1.29, 1.82) is 0 Å². The van der Waals surface area contributed by atoms with Gasteiger partial charge in [0.05, 0.1) is 13.2 Å². The lowest BCUT2D eigenvalue weighted by atomic mass is 10.0. The van der Waals surface area contributed by atoms with Gasteiger partial charge in [-0.1, -0.05) is 48.5 Å². The molecule has 0 aliphatic carbocycles. The van der Waals surface area contributed by atoms with E-state index in [4.69, 9.17) is 16.3 Å². The van der Waals surface area contributed by atoms with Crippen LogP contribution in [-0.4, -0.2) is 33.1 Å². The van der Waals surface area contributed by atoms with Gasteiger partial charge < -0.3 is 15.5 Å². The van der Waals surface area contributed by atoms with Crippen LogP contribution in [0.25, 0.3) is 0 Å². The third kappa shape index (κ3) is 3.97. The zero-order valence-electron chi connectivity index (χ0n) is 16.8. The highest BCUT2D eigenvalue weighted by atomic mass is 35.5. The number of hydrogen-bond acceptors (Lipinski definition) is 6. The number of hydrogen-bond donors (Lipinski definition) is 2. The molecule has 7 nitrogen and oxygen atoms in total. The maximum atomic E-state index is 13.3. The van der Waals surface area contributed by atoms with Gasteiger partial charge in [-0.3, -0.25) is 4.79 Å². The minimum atomic E-state index is -0.460. The second-order valence-corrected chi connectivity index (χ2v) is 8.50. The van der Waals surface area contributed by atoms with E-state index >= 15 is 0 Å². The van der Waals surface area contributed by atoms with Gasteiger partial charge in [0, 0.05) is 17.1 Å². The van der Waals surface area contributed by atoms with Crippen LogP contribution in [0.4, 0.5) is 5.69 Å². The van der Waals surface area contributed by atoms with E-state index in [0.29, 0.717) is 15.9 Å². The number of methoxy groups -OCH3 is 1. The number of rotatable bonds is 5. The third-order valence-electron chi connectivity index (χ3n) is 5.01. The lowest BCUT2D eigenvalue weighted by Crippen LogP contribution is -2.41. The van der Waals surface area contributed by atoms with Crippen molar-refractivity contribution in [3.8, 4) is 5.75 Å². The predicted molar refractivity (Wildman–Crippen MR) is 119 cm³/mol. The van der Waals surface area contributed by atoms with Crippen LogP contribution in [-0.2, 0) is 11.2 Å². The Morgan fingerprint density at radius 2 is 2.03 bits per heavy atom. The summed E-state index contributed by atoms with van der Waals surface area (Å²) >= 11 is 7.52. The predicted octanol–water partition coefficient (Wildman–Crippen LogP) is 4.21. The number of ether oxygens (including phenoxy) is 1. The number of thioether (sulfide) groups is 1. The summed E-state index contributed by atoms with van der Waals surface area (Å²) in [4.78, 5) is 13.3. The van der Waals surface area contributed by atoms with Crippen LogP contribution in [0.15, 0.2) is 47.6 Å². The molecule has 1 amide bonds. The highest BCUT2D eigenvalue weighted by Crippen LogP contribution is 2.38. The zero-order valence-corrected chi connectivity index (χ0v) is 18.4. The highest BCUT2D eigenvalue weighted by molar-refractivity contribution is 8.00. The maximum Gasteiger partial charge on any atom is 0.240 e. The molecular formula is C21H22ClN5O2S. The fourth-order valence-corrected chi connectivity index (χ4v) is 4.59. The fraction of sp³-hybridized carbons (Fsp3) is 0.286. The summed E-state index contributed by atoms with van der Waals surface area (Å²) in [5.41, 5.74) is 6.04. The molecule has 2 N–H and O–H groups in total. The monoisotopic (exact) mass is 443 g/mol. The lowest BCUT2D eigenvalue weighted by Gasteiger charge is -2.33. The maximum absolute atomic E-state index is 13.3. The zero-order chi connectivity index (χ0) is 21.3. The summed E-state index contributed by atoms with van der Waals surface area (Å²) in [6.45, 7) is 3.95. The van der Waals surface area contributed by atoms with E-state index in [2.05, 4.69) is 20.9 Å². The largest absolute Gasteiger partial charge is 0.497 e. The molecule has 156 valence electrons. The molecule has 0 bridgehead atoms. The Bertz CT molecular complexity index is 1070. The van der Waals surface area contributed by atoms with Gasteiger partial charge >= 0.3 is 0 Å². The Hall–Kier alpha value is -2.71. The van der Waals surface area contributed by atoms with Crippen molar-refractivity contribution in [3.63, 3.8) is 0 Å². The molecule has 1 aliphatic heterocycles. The number of halogens is 1. The number of fused-ring (bicyclic) bond motifs is 1. The van der Waals surface area contributed by atoms with E-state index in [0.717, 1.165) is 29.1 Å². The van der Waals surface area contributed by atoms with E-state index in [-0.39, 0.29) is 11.9 Å². The summed E-state index contributed by atoms with van der Waals surface area (Å²) < 4.78 is 7.14. The fourth-order valence-electron chi connectivity index (χ4n) is 3.32. The van der Waals surface area contributed by atoms with Gasteiger partial charge in [-0.05, 0) is 42.3 Å². The van der Waals surface area contributed by atoms with E-state index in [1.54, 1.807) is 19.2 Å². The smallest absolute Gasteiger partial charge is 0.240 e. The van der Waals surface area contributed by atoms with Gasteiger partial charge in [0.25, 0.3) is 0 Å². The van der Waals surface area contributed by atoms with Crippen LogP contribution < -0.4 is 15.5 Å². The van der Waals surface area contributed by atoms with Gasteiger partial charge in [-0.2, -0.15) is 0 Å². The summed E-state index contributed by atoms with van der Waals surface area (Å²) in [5.74, 6) is 1.45. The first-order valence-corrected chi connectivity index (χ1v) is 10.8. The third-order valence-corrected chi connectivity index (χ3v) is 6.46. The Morgan fingerprint density at radius 1 is 1.27 bits per heavy atom. The van der Waals surface area contributed by atoms with E-state index in [1.807, 2.05) is 48.9 Å². The molecule has 1 aromatic heterocycles. The lowest BCUT2D eigenvalue weighted by molar-refractivity contribution is -0.116. The van der Waals surface area contributed by atoms with Crippen LogP contribution in [0.2, 0.25) is 5.02 Å². The molecular weight excluding hydrogens is 422 g/mol. The second kappa shape index (κ2) is 8.57. The first-order valence-electron chi connectivity index (χ1n) is 9.58. The molecule has 2 atom stereocenters. The van der Waals surface area contributed by atoms with Crippen molar-refractivity contribution >= 4 is 35.0 Å². The number of nitrogens with zero attached hydrogens (tertiary/aromatic N) is 3. The van der Waals surface area contributed by atoms with Crippen molar-refractivity contribution in [3.05, 3.63) is 64.4 Å². The number of amides is 1. The molecule has 2 heterocycles. The number of carbonyl (C=O) groups is 1. The molecule has 9 heteroatoms. The SMILES string of the molecule is CCc1nnc2n1N[C@@H](c1ccc(OC)cc1)[C@@H](C(=O)Nc1cc(Cl)ccc1C)S2. The van der Waals surface area contributed by atoms with Crippen molar-refractivity contribution in [2.45, 2.75) is 36.7 Å². The normalized spacial score (nSPS) is 17.7. The Balaban J connectivity index is 1.68. The summed E-state index contributed by atoms with van der Waals surface area (Å²) in [6, 6.07) is 12.9. The standard InChI is InChI=1S/C21H22ClN5O2S/c1-4-17-24-25-21-27(17)26-18(13-6-9-15(29-3)10-7-13)19(30-21)20(28)23-16-11-14(22)8-5-12(16)2/h5-11,18-19,26H,4H2,1-3H3,(H,23,28)/t18-,19-/m0/s1. The molecule has 1 aliphatic rings. The molecule has 0 saturated heterocycles. The molecule has 3 aromatic rings. The van der Waals surface area contributed by atoms with Gasteiger partial charge in [-0.15, -0.1) is 10.2 Å². The van der Waals surface area contributed by atoms with Crippen molar-refractivity contribution in [1.82, 2.24) is 14.9 Å². The molecule has 2 aromatic carbocycles. The van der Waals surface area contributed by atoms with Crippen LogP contribution in [0, 0.1) is 6.92 Å². The van der Waals surface area contributed by atoms with Crippen LogP contribution in [0.3, 0.4) is 0 Å². The molecule has 4 rings (SSSR count). The molecule has 0 saturated carbocycles. The Morgan fingerprint density at radius 3 is 2.73 bits per heavy atom. The molecule has 0 unspecified atom stereocenters. The topological polar surface area (TPSA) is 81.1 Å². The minimum absolute atomic E-state index is 0.133. The van der Waals surface area contributed by atoms with Crippen LogP contribution >= 0.6 is 23.4 Å². The molecule has 0 fully saturated rings. The van der Waals surface area contributed by atoms with Gasteiger partial charge in [-0.25, -0.2) is 4.68 Å². The van der Waals surface area contributed by atoms with Crippen molar-refractivity contribution in [2.75, 3.05) is 17.9 Å². The number of benzene rings is 2. The average Bonchev–Trinajstić information content (AvgIpc) is 3.17. The van der Waals surface area contributed by atoms with E-state index in [9.17, 15) is 4.79 Å². The number of carbonyl (C=O) groups excluding carboxylic acids is 1. The molecule has 0 spiro atoms. The minimum Gasteiger partial charge on any atom is -0.497 e. The van der Waals surface area contributed by atoms with E-state index in [1.165, 1.54) is 11.8 Å². The number of aryl methyl sites for hydroxylation is 2. The van der Waals surface area contributed by atoms with Gasteiger partial charge in [0.1, 0.15) is 11.0 Å². The van der Waals surface area contributed by atoms with E-state index < -0.39 is 5.25 Å². The van der Waals surface area contributed by atoms with Gasteiger partial charge in [0.15, 0.2) is 5.82 Å². The molecule has 30 heavy (non-hydrogen) atoms. The molecule has 0 radical (unpaired) electrons. The summed E-state index contributed by atoms with van der Waals surface area (Å²) in [6.07, 6.45) is 0.731. The summed E-state index contributed by atoms with van der Waals surface area (Å²) in [5, 5.41) is 12.3. The van der Waals surface area contributed by atoms with Crippen molar-refractivity contribution < 1.29 is 9.53 Å². The van der Waals surface area contributed by atoms with Crippen LogP contribution in [0.5, 0.6) is 5.75 Å². The van der Waals surface area contributed by atoms with Crippen LogP contribution in [0.1, 0.15) is 29.9 Å². The first-order chi connectivity index (χ1) is 14.5. The number of anilines is 1. The Labute approximate surface area is 184 Å². The Kier molecular flexibility index (Phi) is 5.87. The summed E-state index contributed by atoms with van der Waals surface area (Å²) in [7, 11) is 1.63. The second-order valence-electron chi connectivity index (χ2n) is 6.95. The quantitative estimate of drug-likeness (QED) is 0.614. The van der Waals surface area contributed by atoms with Crippen molar-refractivity contribution in [2.24, 2.45) is 0 Å². The highest BCUT2D eigenvalue weighted by Gasteiger charge is 2.37. The first kappa shape index (κ1) is 20.6. The number of nitrogens with one attached hydrogen (secondary N) is 2. The average molecular weight is 444 g/mol. The number of aromatic nitrogens is 3. The van der Waals surface area contributed by atoms with Gasteiger partial charge in [0.2, 0.25) is 11.1 Å².